The Balaban J connectivity index is 2.08. The summed E-state index contributed by atoms with van der Waals surface area (Å²) in [5.74, 6) is -1.06. The van der Waals surface area contributed by atoms with E-state index in [2.05, 4.69) is 10.4 Å². The highest BCUT2D eigenvalue weighted by Gasteiger charge is 2.44. The van der Waals surface area contributed by atoms with Crippen LogP contribution in [0.5, 0.6) is 0 Å². The summed E-state index contributed by atoms with van der Waals surface area (Å²) in [4.78, 5) is 23.4. The van der Waals surface area contributed by atoms with Crippen molar-refractivity contribution in [1.82, 2.24) is 15.1 Å². The minimum absolute atomic E-state index is 0.189. The summed E-state index contributed by atoms with van der Waals surface area (Å²) in [6.07, 6.45) is 2.17. The van der Waals surface area contributed by atoms with E-state index in [1.807, 2.05) is 6.92 Å². The Morgan fingerprint density at radius 2 is 2.05 bits per heavy atom. The van der Waals surface area contributed by atoms with Crippen molar-refractivity contribution in [2.75, 3.05) is 6.54 Å². The minimum atomic E-state index is -0.821. The lowest BCUT2D eigenvalue weighted by atomic mass is 9.69. The molecule has 1 amide bonds. The smallest absolute Gasteiger partial charge is 0.311 e. The van der Waals surface area contributed by atoms with Crippen LogP contribution < -0.4 is 5.32 Å². The van der Waals surface area contributed by atoms with Crippen LogP contribution >= 0.6 is 0 Å². The first-order valence-electron chi connectivity index (χ1n) is 6.39. The molecule has 0 unspecified atom stereocenters. The minimum Gasteiger partial charge on any atom is -0.481 e. The number of carboxylic acids is 1. The Hall–Kier alpha value is -1.85. The molecule has 19 heavy (non-hydrogen) atoms. The quantitative estimate of drug-likeness (QED) is 0.851. The van der Waals surface area contributed by atoms with Crippen molar-refractivity contribution >= 4 is 11.9 Å². The van der Waals surface area contributed by atoms with E-state index in [1.165, 1.54) is 0 Å². The van der Waals surface area contributed by atoms with Crippen LogP contribution in [0, 0.1) is 19.3 Å². The number of aryl methyl sites for hydroxylation is 2. The van der Waals surface area contributed by atoms with Gasteiger partial charge in [0.15, 0.2) is 0 Å². The van der Waals surface area contributed by atoms with Crippen LogP contribution in [0.3, 0.4) is 0 Å². The van der Waals surface area contributed by atoms with Crippen LogP contribution in [0.25, 0.3) is 0 Å². The monoisotopic (exact) mass is 265 g/mol. The zero-order chi connectivity index (χ0) is 14.2. The highest BCUT2D eigenvalue weighted by atomic mass is 16.4. The van der Waals surface area contributed by atoms with Crippen molar-refractivity contribution in [3.05, 3.63) is 17.0 Å². The van der Waals surface area contributed by atoms with Crippen molar-refractivity contribution < 1.29 is 14.7 Å². The van der Waals surface area contributed by atoms with Gasteiger partial charge in [-0.2, -0.15) is 5.10 Å². The molecule has 1 aliphatic carbocycles. The standard InChI is InChI=1S/C13H19N3O3/c1-8-10(9(2)16(3)15-8)11(17)14-7-13(12(18)19)5-4-6-13/h4-7H2,1-3H3,(H,14,17)(H,18,19). The largest absolute Gasteiger partial charge is 0.481 e. The number of carbonyl (C=O) groups is 2. The van der Waals surface area contributed by atoms with Gasteiger partial charge in [0.1, 0.15) is 0 Å². The summed E-state index contributed by atoms with van der Waals surface area (Å²) < 4.78 is 1.65. The molecule has 1 aromatic heterocycles. The van der Waals surface area contributed by atoms with Crippen molar-refractivity contribution in [3.63, 3.8) is 0 Å². The van der Waals surface area contributed by atoms with Crippen molar-refractivity contribution in [3.8, 4) is 0 Å². The number of nitrogens with one attached hydrogen (secondary N) is 1. The second-order valence-corrected chi connectivity index (χ2v) is 5.29. The molecular weight excluding hydrogens is 246 g/mol. The average molecular weight is 265 g/mol. The molecule has 6 heteroatoms. The molecule has 0 aliphatic heterocycles. The number of aromatic nitrogens is 2. The number of aliphatic carboxylic acids is 1. The molecule has 2 N–H and O–H groups in total. The molecule has 6 nitrogen and oxygen atoms in total. The van der Waals surface area contributed by atoms with Gasteiger partial charge < -0.3 is 10.4 Å². The fraction of sp³-hybridized carbons (Fsp3) is 0.615. The zero-order valence-electron chi connectivity index (χ0n) is 11.5. The second kappa shape index (κ2) is 4.68. The molecule has 1 aromatic rings. The molecule has 1 heterocycles. The second-order valence-electron chi connectivity index (χ2n) is 5.29. The van der Waals surface area contributed by atoms with Gasteiger partial charge in [0, 0.05) is 19.3 Å². The molecule has 0 bridgehead atoms. The molecule has 1 fully saturated rings. The zero-order valence-corrected chi connectivity index (χ0v) is 11.5. The van der Waals surface area contributed by atoms with E-state index in [1.54, 1.807) is 18.7 Å². The molecule has 0 aromatic carbocycles. The van der Waals surface area contributed by atoms with Gasteiger partial charge in [-0.3, -0.25) is 14.3 Å². The summed E-state index contributed by atoms with van der Waals surface area (Å²) in [7, 11) is 1.78. The van der Waals surface area contributed by atoms with E-state index in [-0.39, 0.29) is 12.5 Å². The molecule has 0 radical (unpaired) electrons. The van der Waals surface area contributed by atoms with Gasteiger partial charge in [0.05, 0.1) is 16.7 Å². The molecule has 104 valence electrons. The third-order valence-electron chi connectivity index (χ3n) is 4.09. The Morgan fingerprint density at radius 3 is 2.42 bits per heavy atom. The van der Waals surface area contributed by atoms with E-state index in [9.17, 15) is 14.7 Å². The SMILES string of the molecule is Cc1nn(C)c(C)c1C(=O)NCC1(C(=O)O)CCC1. The highest BCUT2D eigenvalue weighted by Crippen LogP contribution is 2.40. The highest BCUT2D eigenvalue weighted by molar-refractivity contribution is 5.96. The van der Waals surface area contributed by atoms with Gasteiger partial charge in [-0.1, -0.05) is 6.42 Å². The summed E-state index contributed by atoms with van der Waals surface area (Å²) in [5.41, 5.74) is 1.23. The number of rotatable bonds is 4. The maximum absolute atomic E-state index is 12.2. The first-order chi connectivity index (χ1) is 8.87. The lowest BCUT2D eigenvalue weighted by molar-refractivity contribution is -0.153. The fourth-order valence-electron chi connectivity index (χ4n) is 2.51. The van der Waals surface area contributed by atoms with Gasteiger partial charge >= 0.3 is 5.97 Å². The van der Waals surface area contributed by atoms with Crippen LogP contribution in [0.1, 0.15) is 41.0 Å². The third-order valence-corrected chi connectivity index (χ3v) is 4.09. The molecule has 1 aliphatic rings. The van der Waals surface area contributed by atoms with Gasteiger partial charge in [0.2, 0.25) is 0 Å². The van der Waals surface area contributed by atoms with E-state index < -0.39 is 11.4 Å². The van der Waals surface area contributed by atoms with Crippen molar-refractivity contribution in [2.45, 2.75) is 33.1 Å². The number of hydrogen-bond donors (Lipinski definition) is 2. The van der Waals surface area contributed by atoms with E-state index in [4.69, 9.17) is 0 Å². The van der Waals surface area contributed by atoms with E-state index in [0.29, 0.717) is 24.1 Å². The summed E-state index contributed by atoms with van der Waals surface area (Å²) in [6.45, 7) is 3.79. The molecule has 2 rings (SSSR count). The first kappa shape index (κ1) is 13.6. The number of carboxylic acid groups (broad SMARTS) is 1. The van der Waals surface area contributed by atoms with Crippen LogP contribution in [-0.2, 0) is 11.8 Å². The summed E-state index contributed by atoms with van der Waals surface area (Å²) in [5, 5.41) is 16.1. The lowest BCUT2D eigenvalue weighted by Crippen LogP contribution is -2.47. The van der Waals surface area contributed by atoms with Gasteiger partial charge in [-0.15, -0.1) is 0 Å². The predicted octanol–water partition coefficient (Wildman–Crippen LogP) is 1.02. The van der Waals surface area contributed by atoms with Gasteiger partial charge in [-0.05, 0) is 26.7 Å². The topological polar surface area (TPSA) is 84.2 Å². The average Bonchev–Trinajstić information content (AvgIpc) is 2.50. The molecule has 0 spiro atoms. The molecule has 0 atom stereocenters. The number of amides is 1. The van der Waals surface area contributed by atoms with Crippen molar-refractivity contribution in [2.24, 2.45) is 12.5 Å². The number of carbonyl (C=O) groups excluding carboxylic acids is 1. The predicted molar refractivity (Wildman–Crippen MR) is 68.9 cm³/mol. The third kappa shape index (κ3) is 2.22. The summed E-state index contributed by atoms with van der Waals surface area (Å²) >= 11 is 0. The maximum atomic E-state index is 12.2. The number of hydrogen-bond acceptors (Lipinski definition) is 3. The molecular formula is C13H19N3O3. The van der Waals surface area contributed by atoms with Crippen LogP contribution in [0.2, 0.25) is 0 Å². The van der Waals surface area contributed by atoms with Crippen LogP contribution in [-0.4, -0.2) is 33.3 Å². The number of nitrogens with zero attached hydrogens (tertiary/aromatic N) is 2. The van der Waals surface area contributed by atoms with Gasteiger partial charge in [0.25, 0.3) is 5.91 Å². The Labute approximate surface area is 111 Å². The van der Waals surface area contributed by atoms with E-state index >= 15 is 0 Å². The Bertz CT molecular complexity index is 529. The summed E-state index contributed by atoms with van der Waals surface area (Å²) in [6, 6.07) is 0. The maximum Gasteiger partial charge on any atom is 0.311 e. The van der Waals surface area contributed by atoms with Gasteiger partial charge in [-0.25, -0.2) is 0 Å². The molecule has 0 saturated heterocycles. The Kier molecular flexibility index (Phi) is 3.34. The van der Waals surface area contributed by atoms with Crippen LogP contribution in [0.15, 0.2) is 0 Å². The van der Waals surface area contributed by atoms with Crippen LogP contribution in [0.4, 0.5) is 0 Å². The van der Waals surface area contributed by atoms with Crippen molar-refractivity contribution in [1.29, 1.82) is 0 Å². The normalized spacial score (nSPS) is 16.8. The lowest BCUT2D eigenvalue weighted by Gasteiger charge is -2.37. The Morgan fingerprint density at radius 1 is 1.42 bits per heavy atom. The van der Waals surface area contributed by atoms with E-state index in [0.717, 1.165) is 12.1 Å². The fourth-order valence-corrected chi connectivity index (χ4v) is 2.51. The molecule has 1 saturated carbocycles. The first-order valence-corrected chi connectivity index (χ1v) is 6.39.